The number of carbonyl (C=O) groups excluding carboxylic acids is 1. The molecule has 0 bridgehead atoms. The molecule has 5 heteroatoms. The number of methoxy groups -OCH3 is 1. The molecule has 1 aliphatic rings. The molecule has 1 fully saturated rings. The van der Waals surface area contributed by atoms with Crippen molar-refractivity contribution >= 4 is 33.6 Å². The lowest BCUT2D eigenvalue weighted by molar-refractivity contribution is 0.0772. The minimum atomic E-state index is 0.105. The van der Waals surface area contributed by atoms with E-state index in [1.165, 1.54) is 0 Å². The van der Waals surface area contributed by atoms with Crippen LogP contribution in [0.4, 0.5) is 0 Å². The van der Waals surface area contributed by atoms with E-state index in [2.05, 4.69) is 15.9 Å². The van der Waals surface area contributed by atoms with E-state index in [9.17, 15) is 4.79 Å². The SMILES string of the molecule is COc1ccc(C(=O)N2CCSCC2)cc1Br. The van der Waals surface area contributed by atoms with Crippen LogP contribution in [0.3, 0.4) is 0 Å². The number of thioether (sulfide) groups is 1. The average molecular weight is 316 g/mol. The molecule has 2 rings (SSSR count). The monoisotopic (exact) mass is 315 g/mol. The highest BCUT2D eigenvalue weighted by molar-refractivity contribution is 9.10. The van der Waals surface area contributed by atoms with Crippen LogP contribution >= 0.6 is 27.7 Å². The van der Waals surface area contributed by atoms with Crippen LogP contribution in [0.5, 0.6) is 5.75 Å². The lowest BCUT2D eigenvalue weighted by Crippen LogP contribution is -2.37. The van der Waals surface area contributed by atoms with Gasteiger partial charge in [-0.3, -0.25) is 4.79 Å². The molecule has 1 aliphatic heterocycles. The molecule has 0 unspecified atom stereocenters. The van der Waals surface area contributed by atoms with Crippen molar-refractivity contribution in [2.24, 2.45) is 0 Å². The molecule has 0 radical (unpaired) electrons. The zero-order chi connectivity index (χ0) is 12.3. The molecule has 1 heterocycles. The number of hydrogen-bond donors (Lipinski definition) is 0. The Morgan fingerprint density at radius 1 is 1.41 bits per heavy atom. The second-order valence-corrected chi connectivity index (χ2v) is 5.83. The fourth-order valence-electron chi connectivity index (χ4n) is 1.75. The average Bonchev–Trinajstić information content (AvgIpc) is 2.39. The number of nitrogens with zero attached hydrogens (tertiary/aromatic N) is 1. The Bertz CT molecular complexity index is 419. The van der Waals surface area contributed by atoms with Crippen molar-refractivity contribution < 1.29 is 9.53 Å². The van der Waals surface area contributed by atoms with Gasteiger partial charge in [0.25, 0.3) is 5.91 Å². The van der Waals surface area contributed by atoms with E-state index in [-0.39, 0.29) is 5.91 Å². The van der Waals surface area contributed by atoms with Gasteiger partial charge in [-0.1, -0.05) is 0 Å². The number of ether oxygens (including phenoxy) is 1. The zero-order valence-electron chi connectivity index (χ0n) is 9.61. The van der Waals surface area contributed by atoms with Gasteiger partial charge < -0.3 is 9.64 Å². The van der Waals surface area contributed by atoms with Crippen LogP contribution in [0, 0.1) is 0 Å². The van der Waals surface area contributed by atoms with Crippen LogP contribution in [0.1, 0.15) is 10.4 Å². The van der Waals surface area contributed by atoms with Crippen LogP contribution in [0.15, 0.2) is 22.7 Å². The van der Waals surface area contributed by atoms with Gasteiger partial charge in [-0.05, 0) is 34.1 Å². The lowest BCUT2D eigenvalue weighted by Gasteiger charge is -2.26. The van der Waals surface area contributed by atoms with Crippen LogP contribution in [-0.2, 0) is 0 Å². The highest BCUT2D eigenvalue weighted by atomic mass is 79.9. The maximum absolute atomic E-state index is 12.2. The first-order chi connectivity index (χ1) is 8.22. The molecular formula is C12H14BrNO2S. The predicted molar refractivity (Wildman–Crippen MR) is 73.9 cm³/mol. The molecular weight excluding hydrogens is 302 g/mol. The first-order valence-electron chi connectivity index (χ1n) is 5.43. The number of benzene rings is 1. The highest BCUT2D eigenvalue weighted by Crippen LogP contribution is 2.26. The van der Waals surface area contributed by atoms with Crippen LogP contribution in [0.25, 0.3) is 0 Å². The Balaban J connectivity index is 2.16. The lowest BCUT2D eigenvalue weighted by atomic mass is 10.2. The summed E-state index contributed by atoms with van der Waals surface area (Å²) >= 11 is 5.30. The van der Waals surface area contributed by atoms with Gasteiger partial charge in [0.05, 0.1) is 11.6 Å². The first-order valence-corrected chi connectivity index (χ1v) is 7.37. The Morgan fingerprint density at radius 3 is 2.71 bits per heavy atom. The van der Waals surface area contributed by atoms with Crippen LogP contribution in [-0.4, -0.2) is 42.5 Å². The van der Waals surface area contributed by atoms with E-state index in [4.69, 9.17) is 4.74 Å². The van der Waals surface area contributed by atoms with Gasteiger partial charge >= 0.3 is 0 Å². The number of rotatable bonds is 2. The van der Waals surface area contributed by atoms with E-state index in [0.717, 1.165) is 34.8 Å². The second-order valence-electron chi connectivity index (χ2n) is 3.75. The molecule has 3 nitrogen and oxygen atoms in total. The van der Waals surface area contributed by atoms with Crippen molar-refractivity contribution in [3.63, 3.8) is 0 Å². The normalized spacial score (nSPS) is 15.8. The Kier molecular flexibility index (Phi) is 4.34. The molecule has 0 atom stereocenters. The summed E-state index contributed by atoms with van der Waals surface area (Å²) in [6.45, 7) is 1.68. The summed E-state index contributed by atoms with van der Waals surface area (Å²) in [5, 5.41) is 0. The molecule has 92 valence electrons. The topological polar surface area (TPSA) is 29.5 Å². The number of amides is 1. The van der Waals surface area contributed by atoms with Crippen molar-refractivity contribution in [2.75, 3.05) is 31.7 Å². The molecule has 0 aromatic heterocycles. The molecule has 1 amide bonds. The zero-order valence-corrected chi connectivity index (χ0v) is 12.0. The standard InChI is InChI=1S/C12H14BrNO2S/c1-16-11-3-2-9(8-10(11)13)12(15)14-4-6-17-7-5-14/h2-3,8H,4-7H2,1H3. The molecule has 0 N–H and O–H groups in total. The third-order valence-corrected chi connectivity index (χ3v) is 4.26. The van der Waals surface area contributed by atoms with Crippen molar-refractivity contribution in [2.45, 2.75) is 0 Å². The van der Waals surface area contributed by atoms with E-state index in [0.29, 0.717) is 5.56 Å². The van der Waals surface area contributed by atoms with Gasteiger partial charge in [-0.25, -0.2) is 0 Å². The summed E-state index contributed by atoms with van der Waals surface area (Å²) in [5.74, 6) is 2.91. The number of halogens is 1. The third-order valence-electron chi connectivity index (χ3n) is 2.70. The maximum Gasteiger partial charge on any atom is 0.253 e. The van der Waals surface area contributed by atoms with Gasteiger partial charge in [0.15, 0.2) is 0 Å². The smallest absolute Gasteiger partial charge is 0.253 e. The quantitative estimate of drug-likeness (QED) is 0.840. The van der Waals surface area contributed by atoms with Crippen molar-refractivity contribution in [1.82, 2.24) is 4.90 Å². The summed E-state index contributed by atoms with van der Waals surface area (Å²) in [7, 11) is 1.61. The molecule has 1 aromatic rings. The van der Waals surface area contributed by atoms with Gasteiger partial charge in [-0.15, -0.1) is 0 Å². The fraction of sp³-hybridized carbons (Fsp3) is 0.417. The molecule has 0 aliphatic carbocycles. The van der Waals surface area contributed by atoms with Gasteiger partial charge in [0.2, 0.25) is 0 Å². The molecule has 0 saturated carbocycles. The second kappa shape index (κ2) is 5.78. The summed E-state index contributed by atoms with van der Waals surface area (Å²) < 4.78 is 5.97. The summed E-state index contributed by atoms with van der Waals surface area (Å²) in [6.07, 6.45) is 0. The van der Waals surface area contributed by atoms with Crippen LogP contribution < -0.4 is 4.74 Å². The number of hydrogen-bond acceptors (Lipinski definition) is 3. The minimum Gasteiger partial charge on any atom is -0.496 e. The van der Waals surface area contributed by atoms with Crippen LogP contribution in [0.2, 0.25) is 0 Å². The Labute approximate surface area is 114 Å². The minimum absolute atomic E-state index is 0.105. The van der Waals surface area contributed by atoms with Gasteiger partial charge in [-0.2, -0.15) is 11.8 Å². The van der Waals surface area contributed by atoms with Gasteiger partial charge in [0.1, 0.15) is 5.75 Å². The summed E-state index contributed by atoms with van der Waals surface area (Å²) in [4.78, 5) is 14.1. The summed E-state index contributed by atoms with van der Waals surface area (Å²) in [6, 6.07) is 5.45. The van der Waals surface area contributed by atoms with E-state index in [1.807, 2.05) is 34.9 Å². The van der Waals surface area contributed by atoms with Crippen molar-refractivity contribution in [1.29, 1.82) is 0 Å². The fourth-order valence-corrected chi connectivity index (χ4v) is 3.19. The van der Waals surface area contributed by atoms with E-state index in [1.54, 1.807) is 7.11 Å². The van der Waals surface area contributed by atoms with Crippen molar-refractivity contribution in [3.05, 3.63) is 28.2 Å². The van der Waals surface area contributed by atoms with Crippen molar-refractivity contribution in [3.8, 4) is 5.75 Å². The number of carbonyl (C=O) groups is 1. The molecule has 0 spiro atoms. The maximum atomic E-state index is 12.2. The van der Waals surface area contributed by atoms with Gasteiger partial charge in [0, 0.05) is 30.2 Å². The predicted octanol–water partition coefficient (Wildman–Crippen LogP) is 2.65. The Morgan fingerprint density at radius 2 is 2.12 bits per heavy atom. The largest absolute Gasteiger partial charge is 0.496 e. The third kappa shape index (κ3) is 2.96. The summed E-state index contributed by atoms with van der Waals surface area (Å²) in [5.41, 5.74) is 0.713. The van der Waals surface area contributed by atoms with E-state index < -0.39 is 0 Å². The molecule has 1 saturated heterocycles. The van der Waals surface area contributed by atoms with E-state index >= 15 is 0 Å². The first kappa shape index (κ1) is 12.8. The highest BCUT2D eigenvalue weighted by Gasteiger charge is 2.18. The molecule has 1 aromatic carbocycles. The molecule has 17 heavy (non-hydrogen) atoms. The Hall–Kier alpha value is -0.680.